The molecule has 16 heavy (non-hydrogen) atoms. The number of hydrogen-bond donors (Lipinski definition) is 2. The molecule has 1 aromatic heterocycles. The van der Waals surface area contributed by atoms with Crippen molar-refractivity contribution in [3.63, 3.8) is 0 Å². The van der Waals surface area contributed by atoms with Gasteiger partial charge in [0.25, 0.3) is 0 Å². The summed E-state index contributed by atoms with van der Waals surface area (Å²) in [6.45, 7) is 7.33. The van der Waals surface area contributed by atoms with E-state index in [2.05, 4.69) is 31.1 Å². The fourth-order valence-corrected chi connectivity index (χ4v) is 1.20. The summed E-state index contributed by atoms with van der Waals surface area (Å²) >= 11 is 0. The molecule has 1 rings (SSSR count). The highest BCUT2D eigenvalue weighted by molar-refractivity contribution is 5.68. The minimum atomic E-state index is 0.431. The van der Waals surface area contributed by atoms with Gasteiger partial charge >= 0.3 is 0 Å². The standard InChI is InChI=1S/C12H18N4/c1-8(2)9(3)7-16-12-11(14)10(6-13)4-5-15-12/h4-5,8-9H,7,14H2,1-3H3,(H,15,16). The third-order valence-electron chi connectivity index (χ3n) is 2.84. The molecule has 4 heteroatoms. The third kappa shape index (κ3) is 2.86. The van der Waals surface area contributed by atoms with E-state index in [9.17, 15) is 0 Å². The van der Waals surface area contributed by atoms with Crippen LogP contribution < -0.4 is 11.1 Å². The number of rotatable bonds is 4. The lowest BCUT2D eigenvalue weighted by Gasteiger charge is -2.17. The van der Waals surface area contributed by atoms with Gasteiger partial charge in [0.15, 0.2) is 5.82 Å². The van der Waals surface area contributed by atoms with Gasteiger partial charge in [0.1, 0.15) is 6.07 Å². The van der Waals surface area contributed by atoms with E-state index in [1.165, 1.54) is 0 Å². The molecule has 0 spiro atoms. The summed E-state index contributed by atoms with van der Waals surface area (Å²) in [6, 6.07) is 3.66. The predicted molar refractivity (Wildman–Crippen MR) is 65.9 cm³/mol. The van der Waals surface area contributed by atoms with E-state index in [0.29, 0.717) is 28.9 Å². The van der Waals surface area contributed by atoms with Crippen LogP contribution in [0.5, 0.6) is 0 Å². The van der Waals surface area contributed by atoms with E-state index < -0.39 is 0 Å². The molecule has 0 aliphatic rings. The van der Waals surface area contributed by atoms with Crippen molar-refractivity contribution >= 4 is 11.5 Å². The van der Waals surface area contributed by atoms with Crippen molar-refractivity contribution in [1.82, 2.24) is 4.98 Å². The van der Waals surface area contributed by atoms with Gasteiger partial charge in [-0.1, -0.05) is 20.8 Å². The number of nitrogen functional groups attached to an aromatic ring is 1. The first kappa shape index (κ1) is 12.3. The van der Waals surface area contributed by atoms with Crippen LogP contribution in [0.25, 0.3) is 0 Å². The monoisotopic (exact) mass is 218 g/mol. The molecular formula is C12H18N4. The Morgan fingerprint density at radius 1 is 1.50 bits per heavy atom. The molecule has 1 heterocycles. The van der Waals surface area contributed by atoms with Crippen LogP contribution in [0.2, 0.25) is 0 Å². The summed E-state index contributed by atoms with van der Waals surface area (Å²) in [5.74, 6) is 1.74. The number of pyridine rings is 1. The highest BCUT2D eigenvalue weighted by Crippen LogP contribution is 2.20. The summed E-state index contributed by atoms with van der Waals surface area (Å²) < 4.78 is 0. The number of nitrogens with one attached hydrogen (secondary N) is 1. The minimum absolute atomic E-state index is 0.431. The van der Waals surface area contributed by atoms with Crippen molar-refractivity contribution in [3.8, 4) is 6.07 Å². The second kappa shape index (κ2) is 5.36. The quantitative estimate of drug-likeness (QED) is 0.812. The number of anilines is 2. The third-order valence-corrected chi connectivity index (χ3v) is 2.84. The van der Waals surface area contributed by atoms with Crippen LogP contribution >= 0.6 is 0 Å². The van der Waals surface area contributed by atoms with Crippen molar-refractivity contribution in [2.24, 2.45) is 11.8 Å². The largest absolute Gasteiger partial charge is 0.395 e. The lowest BCUT2D eigenvalue weighted by Crippen LogP contribution is -2.17. The number of nitrogens with two attached hydrogens (primary N) is 1. The van der Waals surface area contributed by atoms with Crippen molar-refractivity contribution in [2.45, 2.75) is 20.8 Å². The molecule has 0 aliphatic heterocycles. The van der Waals surface area contributed by atoms with E-state index in [0.717, 1.165) is 6.54 Å². The number of nitriles is 1. The fraction of sp³-hybridized carbons (Fsp3) is 0.500. The maximum atomic E-state index is 8.82. The van der Waals surface area contributed by atoms with E-state index in [-0.39, 0.29) is 0 Å². The average molecular weight is 218 g/mol. The summed E-state index contributed by atoms with van der Waals surface area (Å²) in [4.78, 5) is 4.13. The van der Waals surface area contributed by atoms with Crippen LogP contribution in [-0.4, -0.2) is 11.5 Å². The predicted octanol–water partition coefficient (Wildman–Crippen LogP) is 2.24. The highest BCUT2D eigenvalue weighted by Gasteiger charge is 2.09. The van der Waals surface area contributed by atoms with Crippen LogP contribution in [0.3, 0.4) is 0 Å². The summed E-state index contributed by atoms with van der Waals surface area (Å²) in [6.07, 6.45) is 1.59. The Labute approximate surface area is 96.5 Å². The zero-order valence-corrected chi connectivity index (χ0v) is 9.99. The molecule has 0 amide bonds. The lowest BCUT2D eigenvalue weighted by molar-refractivity contribution is 0.439. The van der Waals surface area contributed by atoms with Gasteiger partial charge in [-0.3, -0.25) is 0 Å². The van der Waals surface area contributed by atoms with Crippen molar-refractivity contribution < 1.29 is 0 Å². The first-order valence-electron chi connectivity index (χ1n) is 5.44. The van der Waals surface area contributed by atoms with E-state index >= 15 is 0 Å². The normalized spacial score (nSPS) is 12.2. The minimum Gasteiger partial charge on any atom is -0.395 e. The highest BCUT2D eigenvalue weighted by atomic mass is 15.0. The van der Waals surface area contributed by atoms with Gasteiger partial charge in [-0.15, -0.1) is 0 Å². The Hall–Kier alpha value is -1.76. The Kier molecular flexibility index (Phi) is 4.12. The molecule has 0 saturated heterocycles. The van der Waals surface area contributed by atoms with Gasteiger partial charge in [-0.2, -0.15) is 5.26 Å². The summed E-state index contributed by atoms with van der Waals surface area (Å²) in [7, 11) is 0. The molecule has 1 unspecified atom stereocenters. The molecule has 0 bridgehead atoms. The van der Waals surface area contributed by atoms with Crippen LogP contribution in [-0.2, 0) is 0 Å². The second-order valence-electron chi connectivity index (χ2n) is 4.33. The Bertz CT molecular complexity index is 392. The van der Waals surface area contributed by atoms with Crippen LogP contribution in [0.1, 0.15) is 26.3 Å². The number of hydrogen-bond acceptors (Lipinski definition) is 4. The average Bonchev–Trinajstić information content (AvgIpc) is 2.27. The Morgan fingerprint density at radius 2 is 2.19 bits per heavy atom. The van der Waals surface area contributed by atoms with Crippen LogP contribution in [0, 0.1) is 23.2 Å². The fourth-order valence-electron chi connectivity index (χ4n) is 1.20. The first-order chi connectivity index (χ1) is 7.56. The number of aromatic nitrogens is 1. The van der Waals surface area contributed by atoms with Crippen molar-refractivity contribution in [2.75, 3.05) is 17.6 Å². The topological polar surface area (TPSA) is 74.7 Å². The Balaban J connectivity index is 2.72. The molecule has 3 N–H and O–H groups in total. The van der Waals surface area contributed by atoms with Gasteiger partial charge in [0.2, 0.25) is 0 Å². The maximum absolute atomic E-state index is 8.82. The molecule has 0 aromatic carbocycles. The SMILES string of the molecule is CC(C)C(C)CNc1nccc(C#N)c1N. The van der Waals surface area contributed by atoms with Crippen molar-refractivity contribution in [3.05, 3.63) is 17.8 Å². The smallest absolute Gasteiger partial charge is 0.150 e. The first-order valence-corrected chi connectivity index (χ1v) is 5.44. The molecule has 0 saturated carbocycles. The molecule has 1 atom stereocenters. The lowest BCUT2D eigenvalue weighted by atomic mass is 9.98. The van der Waals surface area contributed by atoms with Crippen LogP contribution in [0.15, 0.2) is 12.3 Å². The van der Waals surface area contributed by atoms with E-state index in [1.807, 2.05) is 6.07 Å². The molecule has 0 aliphatic carbocycles. The molecule has 1 aromatic rings. The molecular weight excluding hydrogens is 200 g/mol. The van der Waals surface area contributed by atoms with Crippen molar-refractivity contribution in [1.29, 1.82) is 5.26 Å². The molecule has 0 radical (unpaired) electrons. The second-order valence-corrected chi connectivity index (χ2v) is 4.33. The van der Waals surface area contributed by atoms with Gasteiger partial charge in [0.05, 0.1) is 11.3 Å². The van der Waals surface area contributed by atoms with Gasteiger partial charge in [0, 0.05) is 12.7 Å². The number of nitrogens with zero attached hydrogens (tertiary/aromatic N) is 2. The molecule has 0 fully saturated rings. The zero-order chi connectivity index (χ0) is 12.1. The van der Waals surface area contributed by atoms with Gasteiger partial charge < -0.3 is 11.1 Å². The molecule has 4 nitrogen and oxygen atoms in total. The van der Waals surface area contributed by atoms with Gasteiger partial charge in [-0.05, 0) is 17.9 Å². The summed E-state index contributed by atoms with van der Waals surface area (Å²) in [5.41, 5.74) is 6.71. The molecule has 86 valence electrons. The van der Waals surface area contributed by atoms with E-state index in [4.69, 9.17) is 11.0 Å². The zero-order valence-electron chi connectivity index (χ0n) is 9.99. The van der Waals surface area contributed by atoms with Crippen LogP contribution in [0.4, 0.5) is 11.5 Å². The Morgan fingerprint density at radius 3 is 2.75 bits per heavy atom. The van der Waals surface area contributed by atoms with Gasteiger partial charge in [-0.25, -0.2) is 4.98 Å². The maximum Gasteiger partial charge on any atom is 0.150 e. The summed E-state index contributed by atoms with van der Waals surface area (Å²) in [5, 5.41) is 12.0. The van der Waals surface area contributed by atoms with E-state index in [1.54, 1.807) is 12.3 Å².